The molecule has 0 saturated heterocycles. The van der Waals surface area contributed by atoms with Gasteiger partial charge in [-0.05, 0) is 30.7 Å². The fourth-order valence-corrected chi connectivity index (χ4v) is 5.92. The van der Waals surface area contributed by atoms with Crippen LogP contribution < -0.4 is 0 Å². The first kappa shape index (κ1) is 27.3. The van der Waals surface area contributed by atoms with Gasteiger partial charge >= 0.3 is 0 Å². The van der Waals surface area contributed by atoms with E-state index >= 15 is 0 Å². The number of rotatable bonds is 14. The van der Waals surface area contributed by atoms with Crippen molar-refractivity contribution in [3.63, 3.8) is 0 Å². The first-order valence-corrected chi connectivity index (χ1v) is 14.7. The Morgan fingerprint density at radius 1 is 0.914 bits per heavy atom. The molecule has 0 amide bonds. The molecule has 0 bridgehead atoms. The third kappa shape index (κ3) is 8.72. The molecule has 3 aromatic rings. The molecule has 0 aliphatic rings. The van der Waals surface area contributed by atoms with Gasteiger partial charge < -0.3 is 5.11 Å². The Balaban J connectivity index is 1.69. The molecule has 0 spiro atoms. The number of aliphatic hydroxyl groups excluding tert-OH is 1. The van der Waals surface area contributed by atoms with E-state index in [9.17, 15) is 10.4 Å². The van der Waals surface area contributed by atoms with E-state index in [0.717, 1.165) is 28.1 Å². The van der Waals surface area contributed by atoms with Crippen LogP contribution >= 0.6 is 23.5 Å². The Labute approximate surface area is 219 Å². The largest absolute Gasteiger partial charge is 0.391 e. The van der Waals surface area contributed by atoms with E-state index in [1.165, 1.54) is 55.9 Å². The van der Waals surface area contributed by atoms with Gasteiger partial charge in [0, 0.05) is 22.6 Å². The lowest BCUT2D eigenvalue weighted by Crippen LogP contribution is -2.14. The zero-order chi connectivity index (χ0) is 24.9. The fourth-order valence-electron chi connectivity index (χ4n) is 3.88. The highest BCUT2D eigenvalue weighted by Gasteiger charge is 2.17. The first-order valence-electron chi connectivity index (χ1n) is 12.6. The van der Waals surface area contributed by atoms with Gasteiger partial charge in [0.1, 0.15) is 11.1 Å². The number of aryl methyl sites for hydroxylation is 1. The molecule has 3 nitrogen and oxygen atoms in total. The molecule has 5 heteroatoms. The van der Waals surface area contributed by atoms with Crippen molar-refractivity contribution in [1.82, 2.24) is 4.98 Å². The van der Waals surface area contributed by atoms with Crippen molar-refractivity contribution in [3.8, 4) is 28.5 Å². The minimum absolute atomic E-state index is 0.429. The maximum atomic E-state index is 10.6. The van der Waals surface area contributed by atoms with E-state index in [2.05, 4.69) is 44.2 Å². The second-order valence-electron chi connectivity index (χ2n) is 8.89. The maximum absolute atomic E-state index is 10.6. The lowest BCUT2D eigenvalue weighted by atomic mass is 9.98. The number of hydrogen-bond donors (Lipinski definition) is 1. The van der Waals surface area contributed by atoms with Crippen LogP contribution in [-0.2, 0) is 0 Å². The molecular weight excluding hydrogens is 468 g/mol. The second kappa shape index (κ2) is 15.0. The molecule has 1 atom stereocenters. The number of unbranched alkanes of at least 4 members (excludes halogenated alkanes) is 5. The Morgan fingerprint density at radius 2 is 1.63 bits per heavy atom. The van der Waals surface area contributed by atoms with Crippen LogP contribution in [0.25, 0.3) is 22.4 Å². The Bertz CT molecular complexity index is 1080. The number of nitrogens with zero attached hydrogens (tertiary/aromatic N) is 2. The van der Waals surface area contributed by atoms with E-state index in [-0.39, 0.29) is 0 Å². The summed E-state index contributed by atoms with van der Waals surface area (Å²) in [5.74, 6) is 2.33. The highest BCUT2D eigenvalue weighted by molar-refractivity contribution is 8.00. The van der Waals surface area contributed by atoms with Gasteiger partial charge in [-0.3, -0.25) is 0 Å². The van der Waals surface area contributed by atoms with Crippen LogP contribution in [0, 0.1) is 18.3 Å². The summed E-state index contributed by atoms with van der Waals surface area (Å²) in [6.45, 7) is 4.30. The standard InChI is InChI=1S/C30H36N2OS2/c1-3-4-5-6-7-11-18-34-21-26(33)22-35-30-28(20-31)27(24-16-14-23(2)15-17-24)19-29(32-30)25-12-9-8-10-13-25/h8-10,12-17,19,26,33H,3-7,11,18,21-22H2,1-2H3. The normalized spacial score (nSPS) is 11.8. The van der Waals surface area contributed by atoms with Crippen molar-refractivity contribution in [2.24, 2.45) is 0 Å². The summed E-state index contributed by atoms with van der Waals surface area (Å²) in [4.78, 5) is 4.86. The molecule has 1 aromatic heterocycles. The number of thioether (sulfide) groups is 2. The van der Waals surface area contributed by atoms with E-state index in [4.69, 9.17) is 4.98 Å². The van der Waals surface area contributed by atoms with Crippen LogP contribution in [0.1, 0.15) is 56.6 Å². The SMILES string of the molecule is CCCCCCCCSCC(O)CSc1nc(-c2ccccc2)cc(-c2ccc(C)cc2)c1C#N. The first-order chi connectivity index (χ1) is 17.1. The predicted molar refractivity (Wildman–Crippen MR) is 152 cm³/mol. The molecule has 1 unspecified atom stereocenters. The quantitative estimate of drug-likeness (QED) is 0.177. The fraction of sp³-hybridized carbons (Fsp3) is 0.400. The van der Waals surface area contributed by atoms with E-state index in [1.807, 2.05) is 48.2 Å². The Hall–Kier alpha value is -2.26. The topological polar surface area (TPSA) is 56.9 Å². The van der Waals surface area contributed by atoms with Crippen molar-refractivity contribution in [1.29, 1.82) is 5.26 Å². The molecular formula is C30H36N2OS2. The summed E-state index contributed by atoms with van der Waals surface area (Å²) in [7, 11) is 0. The van der Waals surface area contributed by atoms with E-state index in [0.29, 0.717) is 22.1 Å². The van der Waals surface area contributed by atoms with E-state index in [1.54, 1.807) is 0 Å². The van der Waals surface area contributed by atoms with Crippen molar-refractivity contribution < 1.29 is 5.11 Å². The minimum atomic E-state index is -0.429. The zero-order valence-corrected chi connectivity index (χ0v) is 22.5. The third-order valence-corrected chi connectivity index (χ3v) is 8.21. The maximum Gasteiger partial charge on any atom is 0.115 e. The molecule has 2 aromatic carbocycles. The van der Waals surface area contributed by atoms with Gasteiger partial charge in [-0.15, -0.1) is 11.8 Å². The van der Waals surface area contributed by atoms with Crippen molar-refractivity contribution in [3.05, 3.63) is 71.8 Å². The van der Waals surface area contributed by atoms with Crippen molar-refractivity contribution in [2.45, 2.75) is 63.5 Å². The van der Waals surface area contributed by atoms with Crippen LogP contribution in [-0.4, -0.2) is 33.5 Å². The number of nitriles is 1. The number of pyridine rings is 1. The van der Waals surface area contributed by atoms with Gasteiger partial charge in [0.2, 0.25) is 0 Å². The molecule has 184 valence electrons. The number of aliphatic hydroxyl groups is 1. The number of hydrogen-bond acceptors (Lipinski definition) is 5. The molecule has 0 fully saturated rings. The van der Waals surface area contributed by atoms with Gasteiger partial charge in [0.15, 0.2) is 0 Å². The lowest BCUT2D eigenvalue weighted by Gasteiger charge is -2.14. The van der Waals surface area contributed by atoms with Crippen LogP contribution in [0.5, 0.6) is 0 Å². The highest BCUT2D eigenvalue weighted by Crippen LogP contribution is 2.34. The molecule has 1 N–H and O–H groups in total. The van der Waals surface area contributed by atoms with Crippen LogP contribution in [0.4, 0.5) is 0 Å². The summed E-state index contributed by atoms with van der Waals surface area (Å²) < 4.78 is 0. The van der Waals surface area contributed by atoms with Crippen LogP contribution in [0.15, 0.2) is 65.7 Å². The monoisotopic (exact) mass is 504 g/mol. The van der Waals surface area contributed by atoms with Crippen LogP contribution in [0.3, 0.4) is 0 Å². The number of aromatic nitrogens is 1. The van der Waals surface area contributed by atoms with Gasteiger partial charge in [0.25, 0.3) is 0 Å². The van der Waals surface area contributed by atoms with Crippen molar-refractivity contribution in [2.75, 3.05) is 17.3 Å². The van der Waals surface area contributed by atoms with Gasteiger partial charge in [-0.1, -0.05) is 99.2 Å². The zero-order valence-electron chi connectivity index (χ0n) is 20.9. The van der Waals surface area contributed by atoms with Gasteiger partial charge in [0.05, 0.1) is 17.4 Å². The third-order valence-electron chi connectivity index (χ3n) is 5.90. The molecule has 35 heavy (non-hydrogen) atoms. The Morgan fingerprint density at radius 3 is 2.34 bits per heavy atom. The highest BCUT2D eigenvalue weighted by atomic mass is 32.2. The lowest BCUT2D eigenvalue weighted by molar-refractivity contribution is 0.225. The molecule has 3 rings (SSSR count). The van der Waals surface area contributed by atoms with Crippen molar-refractivity contribution >= 4 is 23.5 Å². The minimum Gasteiger partial charge on any atom is -0.391 e. The van der Waals surface area contributed by atoms with Gasteiger partial charge in [-0.2, -0.15) is 17.0 Å². The summed E-state index contributed by atoms with van der Waals surface area (Å²) in [5, 5.41) is 21.3. The molecule has 0 saturated carbocycles. The Kier molecular flexibility index (Phi) is 11.7. The summed E-state index contributed by atoms with van der Waals surface area (Å²) in [6.07, 6.45) is 7.33. The van der Waals surface area contributed by atoms with Crippen LogP contribution in [0.2, 0.25) is 0 Å². The average molecular weight is 505 g/mol. The molecule has 0 aliphatic carbocycles. The van der Waals surface area contributed by atoms with E-state index < -0.39 is 6.10 Å². The summed E-state index contributed by atoms with van der Waals surface area (Å²) >= 11 is 3.30. The molecule has 1 heterocycles. The molecule has 0 radical (unpaired) electrons. The predicted octanol–water partition coefficient (Wildman–Crippen LogP) is 8.14. The molecule has 0 aliphatic heterocycles. The number of benzene rings is 2. The smallest absolute Gasteiger partial charge is 0.115 e. The summed E-state index contributed by atoms with van der Waals surface area (Å²) in [5.41, 5.74) is 5.50. The van der Waals surface area contributed by atoms with Gasteiger partial charge in [-0.25, -0.2) is 4.98 Å². The summed E-state index contributed by atoms with van der Waals surface area (Å²) in [6, 6.07) is 22.7. The average Bonchev–Trinajstić information content (AvgIpc) is 2.89. The second-order valence-corrected chi connectivity index (χ2v) is 11.0.